The average molecular weight is 309 g/mol. The van der Waals surface area contributed by atoms with Crippen LogP contribution in [0, 0.1) is 19.8 Å². The van der Waals surface area contributed by atoms with Crippen LogP contribution in [0.15, 0.2) is 23.2 Å². The van der Waals surface area contributed by atoms with Crippen molar-refractivity contribution in [1.29, 1.82) is 0 Å². The minimum absolute atomic E-state index is 0.275. The van der Waals surface area contributed by atoms with E-state index in [9.17, 15) is 8.42 Å². The first-order valence-corrected chi connectivity index (χ1v) is 9.02. The molecule has 1 fully saturated rings. The summed E-state index contributed by atoms with van der Waals surface area (Å²) in [7, 11) is -2.81. The molecule has 0 bridgehead atoms. The molecule has 0 amide bonds. The zero-order valence-corrected chi connectivity index (χ0v) is 13.4. The lowest BCUT2D eigenvalue weighted by Gasteiger charge is -2.20. The summed E-state index contributed by atoms with van der Waals surface area (Å²) in [6, 6.07) is 6.04. The van der Waals surface area contributed by atoms with Crippen LogP contribution in [-0.4, -0.2) is 32.4 Å². The van der Waals surface area contributed by atoms with Crippen molar-refractivity contribution in [2.24, 2.45) is 16.6 Å². The Balaban J connectivity index is 1.88. The van der Waals surface area contributed by atoms with Gasteiger partial charge in [-0.1, -0.05) is 6.07 Å². The summed E-state index contributed by atoms with van der Waals surface area (Å²) in [5.74, 6) is 1.25. The van der Waals surface area contributed by atoms with E-state index in [-0.39, 0.29) is 11.5 Å². The van der Waals surface area contributed by atoms with Crippen LogP contribution in [0.1, 0.15) is 24.0 Å². The first-order chi connectivity index (χ1) is 9.85. The number of anilines is 1. The number of aryl methyl sites for hydroxylation is 2. The van der Waals surface area contributed by atoms with E-state index in [0.29, 0.717) is 31.3 Å². The monoisotopic (exact) mass is 309 g/mol. The van der Waals surface area contributed by atoms with E-state index in [1.165, 1.54) is 11.1 Å². The molecule has 0 unspecified atom stereocenters. The topological polar surface area (TPSA) is 84.5 Å². The van der Waals surface area contributed by atoms with Gasteiger partial charge in [0.1, 0.15) is 9.84 Å². The van der Waals surface area contributed by atoms with Crippen molar-refractivity contribution in [1.82, 2.24) is 0 Å². The summed E-state index contributed by atoms with van der Waals surface area (Å²) in [4.78, 5) is 4.33. The lowest BCUT2D eigenvalue weighted by Crippen LogP contribution is -2.27. The SMILES string of the molecule is Cc1ccc(NC(N)=NCC2CCS(=O)(=O)CC2)cc1C. The lowest BCUT2D eigenvalue weighted by molar-refractivity contribution is 0.475. The van der Waals surface area contributed by atoms with Crippen LogP contribution in [0.4, 0.5) is 5.69 Å². The number of nitrogens with one attached hydrogen (secondary N) is 1. The molecule has 21 heavy (non-hydrogen) atoms. The molecule has 0 aliphatic carbocycles. The molecule has 1 aromatic rings. The fraction of sp³-hybridized carbons (Fsp3) is 0.533. The van der Waals surface area contributed by atoms with E-state index in [1.807, 2.05) is 18.2 Å². The highest BCUT2D eigenvalue weighted by molar-refractivity contribution is 7.91. The van der Waals surface area contributed by atoms with Gasteiger partial charge in [0, 0.05) is 12.2 Å². The lowest BCUT2D eigenvalue weighted by atomic mass is 10.0. The second-order valence-corrected chi connectivity index (χ2v) is 8.05. The first kappa shape index (κ1) is 15.8. The number of guanidine groups is 1. The molecule has 1 saturated heterocycles. The maximum Gasteiger partial charge on any atom is 0.193 e. The molecule has 0 aromatic heterocycles. The van der Waals surface area contributed by atoms with Crippen molar-refractivity contribution >= 4 is 21.5 Å². The maximum absolute atomic E-state index is 11.4. The highest BCUT2D eigenvalue weighted by atomic mass is 32.2. The second-order valence-electron chi connectivity index (χ2n) is 5.75. The van der Waals surface area contributed by atoms with Gasteiger partial charge in [0.15, 0.2) is 5.96 Å². The van der Waals surface area contributed by atoms with Crippen LogP contribution >= 0.6 is 0 Å². The van der Waals surface area contributed by atoms with Crippen molar-refractivity contribution in [2.75, 3.05) is 23.4 Å². The quantitative estimate of drug-likeness (QED) is 0.659. The number of benzene rings is 1. The Bertz CT molecular complexity index is 624. The predicted molar refractivity (Wildman–Crippen MR) is 87.4 cm³/mol. The Morgan fingerprint density at radius 2 is 1.95 bits per heavy atom. The van der Waals surface area contributed by atoms with Gasteiger partial charge in [0.25, 0.3) is 0 Å². The largest absolute Gasteiger partial charge is 0.370 e. The number of nitrogens with two attached hydrogens (primary N) is 1. The summed E-state index contributed by atoms with van der Waals surface area (Å²) in [6.07, 6.45) is 1.37. The van der Waals surface area contributed by atoms with Crippen molar-refractivity contribution in [3.8, 4) is 0 Å². The van der Waals surface area contributed by atoms with Crippen molar-refractivity contribution in [3.05, 3.63) is 29.3 Å². The Hall–Kier alpha value is -1.56. The van der Waals surface area contributed by atoms with Gasteiger partial charge in [-0.2, -0.15) is 0 Å². The van der Waals surface area contributed by atoms with Crippen LogP contribution < -0.4 is 11.1 Å². The minimum Gasteiger partial charge on any atom is -0.370 e. The second kappa shape index (κ2) is 6.47. The predicted octanol–water partition coefficient (Wildman–Crippen LogP) is 1.85. The Kier molecular flexibility index (Phi) is 4.88. The Morgan fingerprint density at radius 1 is 1.29 bits per heavy atom. The minimum atomic E-state index is -2.81. The highest BCUT2D eigenvalue weighted by Crippen LogP contribution is 2.19. The van der Waals surface area contributed by atoms with Crippen LogP contribution in [0.3, 0.4) is 0 Å². The van der Waals surface area contributed by atoms with Gasteiger partial charge in [-0.25, -0.2) is 8.42 Å². The van der Waals surface area contributed by atoms with Gasteiger partial charge in [0.05, 0.1) is 11.5 Å². The number of sulfone groups is 1. The number of hydrogen-bond donors (Lipinski definition) is 2. The van der Waals surface area contributed by atoms with E-state index in [1.54, 1.807) is 0 Å². The molecule has 1 heterocycles. The number of aliphatic imine (C=N–C) groups is 1. The highest BCUT2D eigenvalue weighted by Gasteiger charge is 2.23. The number of nitrogens with zero attached hydrogens (tertiary/aromatic N) is 1. The standard InChI is InChI=1S/C15H23N3O2S/c1-11-3-4-14(9-12(11)2)18-15(16)17-10-13-5-7-21(19,20)8-6-13/h3-4,9,13H,5-8,10H2,1-2H3,(H3,16,17,18). The third kappa shape index (κ3) is 4.74. The molecule has 3 N–H and O–H groups in total. The summed E-state index contributed by atoms with van der Waals surface area (Å²) >= 11 is 0. The first-order valence-electron chi connectivity index (χ1n) is 7.20. The molecule has 1 aliphatic heterocycles. The molecule has 1 aliphatic rings. The Labute approximate surface area is 126 Å². The van der Waals surface area contributed by atoms with Crippen LogP contribution in [-0.2, 0) is 9.84 Å². The molecular formula is C15H23N3O2S. The Morgan fingerprint density at radius 3 is 2.57 bits per heavy atom. The third-order valence-corrected chi connectivity index (χ3v) is 5.69. The zero-order valence-electron chi connectivity index (χ0n) is 12.6. The van der Waals surface area contributed by atoms with E-state index < -0.39 is 9.84 Å². The summed E-state index contributed by atoms with van der Waals surface area (Å²) in [5, 5.41) is 3.08. The van der Waals surface area contributed by atoms with Crippen molar-refractivity contribution in [3.63, 3.8) is 0 Å². The van der Waals surface area contributed by atoms with Gasteiger partial charge in [-0.15, -0.1) is 0 Å². The fourth-order valence-electron chi connectivity index (χ4n) is 2.36. The van der Waals surface area contributed by atoms with Crippen LogP contribution in [0.25, 0.3) is 0 Å². The van der Waals surface area contributed by atoms with E-state index in [0.717, 1.165) is 5.69 Å². The maximum atomic E-state index is 11.4. The van der Waals surface area contributed by atoms with E-state index in [4.69, 9.17) is 5.73 Å². The van der Waals surface area contributed by atoms with E-state index in [2.05, 4.69) is 24.2 Å². The molecule has 0 radical (unpaired) electrons. The van der Waals surface area contributed by atoms with Gasteiger partial charge in [0.2, 0.25) is 0 Å². The molecule has 1 aromatic carbocycles. The average Bonchev–Trinajstić information content (AvgIpc) is 2.42. The molecule has 5 nitrogen and oxygen atoms in total. The van der Waals surface area contributed by atoms with Gasteiger partial charge in [-0.05, 0) is 55.9 Å². The normalized spacial score (nSPS) is 19.4. The zero-order chi connectivity index (χ0) is 15.5. The van der Waals surface area contributed by atoms with Crippen molar-refractivity contribution < 1.29 is 8.42 Å². The number of hydrogen-bond acceptors (Lipinski definition) is 3. The fourth-order valence-corrected chi connectivity index (χ4v) is 3.94. The van der Waals surface area contributed by atoms with E-state index >= 15 is 0 Å². The number of rotatable bonds is 3. The smallest absolute Gasteiger partial charge is 0.193 e. The molecule has 0 spiro atoms. The van der Waals surface area contributed by atoms with Gasteiger partial charge in [-0.3, -0.25) is 4.99 Å². The van der Waals surface area contributed by atoms with Gasteiger partial charge >= 0.3 is 0 Å². The van der Waals surface area contributed by atoms with Crippen LogP contribution in [0.2, 0.25) is 0 Å². The van der Waals surface area contributed by atoms with Gasteiger partial charge < -0.3 is 11.1 Å². The van der Waals surface area contributed by atoms with Crippen LogP contribution in [0.5, 0.6) is 0 Å². The molecule has 0 saturated carbocycles. The molecule has 2 rings (SSSR count). The summed E-state index contributed by atoms with van der Waals surface area (Å²) < 4.78 is 22.7. The molecule has 0 atom stereocenters. The summed E-state index contributed by atoms with van der Waals surface area (Å²) in [5.41, 5.74) is 9.24. The molecule has 6 heteroatoms. The molecular weight excluding hydrogens is 286 g/mol. The third-order valence-electron chi connectivity index (χ3n) is 3.97. The molecule has 116 valence electrons. The summed E-state index contributed by atoms with van der Waals surface area (Å²) in [6.45, 7) is 4.70. The van der Waals surface area contributed by atoms with Crippen molar-refractivity contribution in [2.45, 2.75) is 26.7 Å².